The summed E-state index contributed by atoms with van der Waals surface area (Å²) >= 11 is 1.25. The first-order valence-electron chi connectivity index (χ1n) is 10.1. The number of aromatic nitrogens is 3. The minimum atomic E-state index is -0.466. The van der Waals surface area contributed by atoms with Crippen molar-refractivity contribution in [2.75, 3.05) is 5.32 Å². The molecule has 0 atom stereocenters. The van der Waals surface area contributed by atoms with E-state index in [1.165, 1.54) is 16.9 Å². The fourth-order valence-electron chi connectivity index (χ4n) is 3.26. The summed E-state index contributed by atoms with van der Waals surface area (Å²) in [6.07, 6.45) is 1.79. The zero-order valence-corrected chi connectivity index (χ0v) is 18.6. The molecule has 0 bridgehead atoms. The molecule has 0 aliphatic heterocycles. The highest BCUT2D eigenvalue weighted by atomic mass is 32.1. The van der Waals surface area contributed by atoms with Gasteiger partial charge in [0.2, 0.25) is 5.91 Å². The van der Waals surface area contributed by atoms with Crippen molar-refractivity contribution in [2.45, 2.75) is 26.8 Å². The molecule has 0 aliphatic rings. The van der Waals surface area contributed by atoms with E-state index in [0.29, 0.717) is 28.6 Å². The number of benzene rings is 2. The number of amides is 2. The maximum atomic E-state index is 13.1. The lowest BCUT2D eigenvalue weighted by molar-refractivity contribution is -0.117. The minimum absolute atomic E-state index is 0.0372. The molecule has 4 rings (SSSR count). The number of hydrogen-bond donors (Lipinski definition) is 2. The van der Waals surface area contributed by atoms with E-state index in [1.807, 2.05) is 38.1 Å². The van der Waals surface area contributed by atoms with Crippen LogP contribution in [0.25, 0.3) is 11.3 Å². The molecule has 2 aromatic heterocycles. The third-order valence-corrected chi connectivity index (χ3v) is 5.73. The zero-order valence-electron chi connectivity index (χ0n) is 17.8. The van der Waals surface area contributed by atoms with Crippen LogP contribution in [0, 0.1) is 13.8 Å². The van der Waals surface area contributed by atoms with Crippen LogP contribution in [0.1, 0.15) is 32.7 Å². The molecule has 0 fully saturated rings. The van der Waals surface area contributed by atoms with Crippen LogP contribution in [0.15, 0.2) is 60.1 Å². The van der Waals surface area contributed by atoms with Crippen LogP contribution in [0.5, 0.6) is 0 Å². The van der Waals surface area contributed by atoms with E-state index >= 15 is 0 Å². The smallest absolute Gasteiger partial charge is 0.261 e. The first kappa shape index (κ1) is 21.5. The van der Waals surface area contributed by atoms with Gasteiger partial charge in [-0.1, -0.05) is 59.7 Å². The van der Waals surface area contributed by atoms with E-state index in [2.05, 4.69) is 34.6 Å². The summed E-state index contributed by atoms with van der Waals surface area (Å²) in [5.41, 5.74) is 11.1. The van der Waals surface area contributed by atoms with E-state index < -0.39 is 5.91 Å². The second-order valence-electron chi connectivity index (χ2n) is 7.68. The van der Waals surface area contributed by atoms with E-state index in [-0.39, 0.29) is 12.3 Å². The van der Waals surface area contributed by atoms with E-state index in [1.54, 1.807) is 16.3 Å². The Kier molecular flexibility index (Phi) is 6.13. The van der Waals surface area contributed by atoms with Gasteiger partial charge < -0.3 is 5.73 Å². The number of hydrogen-bond acceptors (Lipinski definition) is 5. The Morgan fingerprint density at radius 1 is 1.03 bits per heavy atom. The highest BCUT2D eigenvalue weighted by Crippen LogP contribution is 2.25. The molecule has 3 N–H and O–H groups in total. The zero-order chi connectivity index (χ0) is 22.7. The van der Waals surface area contributed by atoms with Gasteiger partial charge in [-0.2, -0.15) is 5.10 Å². The Labute approximate surface area is 189 Å². The van der Waals surface area contributed by atoms with Gasteiger partial charge in [0.1, 0.15) is 5.69 Å². The number of nitrogens with two attached hydrogens (primary N) is 1. The van der Waals surface area contributed by atoms with Gasteiger partial charge in [0.05, 0.1) is 24.2 Å². The van der Waals surface area contributed by atoms with Crippen molar-refractivity contribution < 1.29 is 9.59 Å². The van der Waals surface area contributed by atoms with Crippen LogP contribution in [-0.4, -0.2) is 26.6 Å². The van der Waals surface area contributed by atoms with Gasteiger partial charge in [0.15, 0.2) is 5.13 Å². The number of primary amides is 1. The molecule has 7 nitrogen and oxygen atoms in total. The SMILES string of the molecule is Cc1ccc(Cn2cc(C(=O)Nc3nc(CC(N)=O)cs3)c(-c3ccc(C)cc3)n2)cc1. The molecule has 32 heavy (non-hydrogen) atoms. The average molecular weight is 446 g/mol. The lowest BCUT2D eigenvalue weighted by atomic mass is 10.1. The fourth-order valence-corrected chi connectivity index (χ4v) is 3.97. The molecule has 8 heteroatoms. The van der Waals surface area contributed by atoms with Crippen LogP contribution in [0.4, 0.5) is 5.13 Å². The summed E-state index contributed by atoms with van der Waals surface area (Å²) in [5, 5.41) is 9.65. The molecular formula is C24H23N5O2S. The summed E-state index contributed by atoms with van der Waals surface area (Å²) in [7, 11) is 0. The molecule has 0 radical (unpaired) electrons. The van der Waals surface area contributed by atoms with Gasteiger partial charge >= 0.3 is 0 Å². The quantitative estimate of drug-likeness (QED) is 0.449. The number of nitrogens with zero attached hydrogens (tertiary/aromatic N) is 3. The van der Waals surface area contributed by atoms with Crippen molar-refractivity contribution in [1.82, 2.24) is 14.8 Å². The molecule has 2 heterocycles. The Hall–Kier alpha value is -3.78. The van der Waals surface area contributed by atoms with Gasteiger partial charge in [0, 0.05) is 17.1 Å². The number of carbonyl (C=O) groups excluding carboxylic acids is 2. The maximum Gasteiger partial charge on any atom is 0.261 e. The van der Waals surface area contributed by atoms with Crippen LogP contribution in [0.2, 0.25) is 0 Å². The maximum absolute atomic E-state index is 13.1. The average Bonchev–Trinajstić information content (AvgIpc) is 3.37. The largest absolute Gasteiger partial charge is 0.369 e. The Bertz CT molecular complexity index is 1260. The number of carbonyl (C=O) groups is 2. The van der Waals surface area contributed by atoms with Crippen molar-refractivity contribution in [3.63, 3.8) is 0 Å². The predicted octanol–water partition coefficient (Wildman–Crippen LogP) is 3.95. The van der Waals surface area contributed by atoms with Crippen molar-refractivity contribution >= 4 is 28.3 Å². The molecule has 0 spiro atoms. The number of thiazole rings is 1. The lowest BCUT2D eigenvalue weighted by Crippen LogP contribution is -2.14. The van der Waals surface area contributed by atoms with Crippen LogP contribution in [-0.2, 0) is 17.8 Å². The summed E-state index contributed by atoms with van der Waals surface area (Å²) in [5.74, 6) is -0.775. The van der Waals surface area contributed by atoms with Gasteiger partial charge in [-0.3, -0.25) is 19.6 Å². The molecule has 162 valence electrons. The van der Waals surface area contributed by atoms with Crippen LogP contribution in [0.3, 0.4) is 0 Å². The fraction of sp³-hybridized carbons (Fsp3) is 0.167. The molecule has 2 amide bonds. The van der Waals surface area contributed by atoms with E-state index in [0.717, 1.165) is 16.7 Å². The predicted molar refractivity (Wildman–Crippen MR) is 126 cm³/mol. The van der Waals surface area contributed by atoms with Gasteiger partial charge in [-0.25, -0.2) is 4.98 Å². The molecule has 0 unspecified atom stereocenters. The summed E-state index contributed by atoms with van der Waals surface area (Å²) in [4.78, 5) is 28.5. The molecule has 0 saturated carbocycles. The first-order valence-corrected chi connectivity index (χ1v) is 11.0. The summed E-state index contributed by atoms with van der Waals surface area (Å²) < 4.78 is 1.77. The Morgan fingerprint density at radius 3 is 2.34 bits per heavy atom. The molecule has 0 aliphatic carbocycles. The standard InChI is InChI=1S/C24H23N5O2S/c1-15-3-7-17(8-4-15)12-29-13-20(22(28-29)18-9-5-16(2)6-10-18)23(31)27-24-26-19(14-32-24)11-21(25)30/h3-10,13-14H,11-12H2,1-2H3,(H2,25,30)(H,26,27,31). The first-order chi connectivity index (χ1) is 15.4. The van der Waals surface area contributed by atoms with Crippen molar-refractivity contribution in [3.8, 4) is 11.3 Å². The molecular weight excluding hydrogens is 422 g/mol. The number of anilines is 1. The normalized spacial score (nSPS) is 10.8. The van der Waals surface area contributed by atoms with E-state index in [4.69, 9.17) is 10.8 Å². The van der Waals surface area contributed by atoms with Crippen molar-refractivity contribution in [1.29, 1.82) is 0 Å². The summed E-state index contributed by atoms with van der Waals surface area (Å²) in [6, 6.07) is 16.1. The molecule has 0 saturated heterocycles. The highest BCUT2D eigenvalue weighted by Gasteiger charge is 2.19. The van der Waals surface area contributed by atoms with Gasteiger partial charge in [-0.15, -0.1) is 11.3 Å². The van der Waals surface area contributed by atoms with Crippen LogP contribution < -0.4 is 11.1 Å². The lowest BCUT2D eigenvalue weighted by Gasteiger charge is -2.03. The van der Waals surface area contributed by atoms with Crippen LogP contribution >= 0.6 is 11.3 Å². The van der Waals surface area contributed by atoms with Crippen molar-refractivity contribution in [2.24, 2.45) is 5.73 Å². The summed E-state index contributed by atoms with van der Waals surface area (Å²) in [6.45, 7) is 4.61. The van der Waals surface area contributed by atoms with Gasteiger partial charge in [0.25, 0.3) is 5.91 Å². The number of rotatable bonds is 7. The third-order valence-electron chi connectivity index (χ3n) is 4.92. The second kappa shape index (κ2) is 9.15. The minimum Gasteiger partial charge on any atom is -0.369 e. The second-order valence-corrected chi connectivity index (χ2v) is 8.54. The highest BCUT2D eigenvalue weighted by molar-refractivity contribution is 7.14. The van der Waals surface area contributed by atoms with Crippen molar-refractivity contribution in [3.05, 3.63) is 88.1 Å². The topological polar surface area (TPSA) is 103 Å². The number of nitrogens with one attached hydrogen (secondary N) is 1. The third kappa shape index (κ3) is 5.09. The monoisotopic (exact) mass is 445 g/mol. The van der Waals surface area contributed by atoms with E-state index in [9.17, 15) is 9.59 Å². The Morgan fingerprint density at radius 2 is 1.69 bits per heavy atom. The molecule has 4 aromatic rings. The molecule has 2 aromatic carbocycles. The van der Waals surface area contributed by atoms with Gasteiger partial charge in [-0.05, 0) is 19.4 Å². The Balaban J connectivity index is 1.63. The number of aryl methyl sites for hydroxylation is 2.